The summed E-state index contributed by atoms with van der Waals surface area (Å²) in [5.74, 6) is -0.567. The number of nitrogens with zero attached hydrogens (tertiary/aromatic N) is 5. The summed E-state index contributed by atoms with van der Waals surface area (Å²) in [7, 11) is 0. The number of hydrogen-bond donors (Lipinski definition) is 0. The molecule has 1 aromatic carbocycles. The lowest BCUT2D eigenvalue weighted by Gasteiger charge is -2.36. The normalized spacial score (nSPS) is 21.2. The van der Waals surface area contributed by atoms with Gasteiger partial charge in [0, 0.05) is 31.5 Å². The highest BCUT2D eigenvalue weighted by molar-refractivity contribution is 5.36. The van der Waals surface area contributed by atoms with Crippen LogP contribution in [0.4, 0.5) is 13.2 Å². The van der Waals surface area contributed by atoms with E-state index in [9.17, 15) is 13.2 Å². The van der Waals surface area contributed by atoms with Gasteiger partial charge in [-0.15, -0.1) is 5.10 Å². The summed E-state index contributed by atoms with van der Waals surface area (Å²) in [6.07, 6.45) is 1.34. The Morgan fingerprint density at radius 3 is 2.84 bits per heavy atom. The molecule has 0 saturated heterocycles. The Morgan fingerprint density at radius 2 is 2.00 bits per heavy atom. The average Bonchev–Trinajstić information content (AvgIpc) is 3.06. The number of rotatable bonds is 3. The third-order valence-corrected chi connectivity index (χ3v) is 4.55. The second kappa shape index (κ2) is 6.44. The molecule has 0 N–H and O–H groups in total. The molecule has 25 heavy (non-hydrogen) atoms. The summed E-state index contributed by atoms with van der Waals surface area (Å²) in [5, 5.41) is 11.6. The molecule has 1 aliphatic heterocycles. The molecule has 1 atom stereocenters. The summed E-state index contributed by atoms with van der Waals surface area (Å²) in [6, 6.07) is 5.65. The molecule has 0 bridgehead atoms. The molecule has 0 saturated carbocycles. The first-order chi connectivity index (χ1) is 12.1. The molecular weight excluding hydrogens is 331 g/mol. The van der Waals surface area contributed by atoms with E-state index in [1.165, 1.54) is 18.2 Å². The Hall–Kier alpha value is -2.48. The van der Waals surface area contributed by atoms with Crippen molar-refractivity contribution in [2.45, 2.75) is 32.0 Å². The van der Waals surface area contributed by atoms with Gasteiger partial charge in [-0.25, -0.2) is 17.9 Å². The van der Waals surface area contributed by atoms with Crippen LogP contribution in [0.25, 0.3) is 0 Å². The van der Waals surface area contributed by atoms with Crippen molar-refractivity contribution in [1.29, 1.82) is 0 Å². The quantitative estimate of drug-likeness (QED) is 0.855. The molecule has 2 aromatic rings. The Bertz CT molecular complexity index is 857. The smallest absolute Gasteiger partial charge is 0.173 e. The van der Waals surface area contributed by atoms with Crippen LogP contribution in [0.5, 0.6) is 0 Å². The Balaban J connectivity index is 1.73. The minimum Gasteiger partial charge on any atom is -0.283 e. The standard InChI is InChI=1S/C17H16F3N5/c18-12-3-1-2-11(8-12)10-24-6-7-25-17(21-22-23-25)16(24)14-9-13(19)4-5-15(14)20/h1-3,8-9,16H,4-7,10H2. The van der Waals surface area contributed by atoms with Crippen LogP contribution in [-0.2, 0) is 13.1 Å². The molecule has 0 amide bonds. The van der Waals surface area contributed by atoms with Crippen LogP contribution in [-0.4, -0.2) is 31.7 Å². The van der Waals surface area contributed by atoms with Crippen LogP contribution >= 0.6 is 0 Å². The van der Waals surface area contributed by atoms with E-state index in [1.54, 1.807) is 16.8 Å². The summed E-state index contributed by atoms with van der Waals surface area (Å²) in [5.41, 5.74) is 1.00. The summed E-state index contributed by atoms with van der Waals surface area (Å²) < 4.78 is 43.4. The number of benzene rings is 1. The fourth-order valence-electron chi connectivity index (χ4n) is 3.38. The van der Waals surface area contributed by atoms with Gasteiger partial charge in [0.2, 0.25) is 0 Å². The highest BCUT2D eigenvalue weighted by Crippen LogP contribution is 2.38. The van der Waals surface area contributed by atoms with Crippen LogP contribution in [0.2, 0.25) is 0 Å². The number of hydrogen-bond acceptors (Lipinski definition) is 4. The molecule has 5 nitrogen and oxygen atoms in total. The molecule has 1 unspecified atom stereocenters. The maximum absolute atomic E-state index is 14.5. The summed E-state index contributed by atoms with van der Waals surface area (Å²) in [6.45, 7) is 1.47. The average molecular weight is 347 g/mol. The number of aromatic nitrogens is 4. The predicted molar refractivity (Wildman–Crippen MR) is 83.9 cm³/mol. The Labute approximate surface area is 142 Å². The predicted octanol–water partition coefficient (Wildman–Crippen LogP) is 3.24. The van der Waals surface area contributed by atoms with Crippen molar-refractivity contribution in [3.8, 4) is 0 Å². The highest BCUT2D eigenvalue weighted by atomic mass is 19.1. The first kappa shape index (κ1) is 16.0. The zero-order chi connectivity index (χ0) is 17.4. The van der Waals surface area contributed by atoms with Crippen LogP contribution in [0.3, 0.4) is 0 Å². The van der Waals surface area contributed by atoms with E-state index in [0.717, 1.165) is 5.56 Å². The lowest BCUT2D eigenvalue weighted by molar-refractivity contribution is 0.160. The third-order valence-electron chi connectivity index (χ3n) is 4.55. The monoisotopic (exact) mass is 347 g/mol. The zero-order valence-corrected chi connectivity index (χ0v) is 13.4. The lowest BCUT2D eigenvalue weighted by Crippen LogP contribution is -2.39. The number of halogens is 3. The molecule has 130 valence electrons. The minimum absolute atomic E-state index is 0.0313. The van der Waals surface area contributed by atoms with E-state index in [-0.39, 0.29) is 35.9 Å². The molecule has 8 heteroatoms. The van der Waals surface area contributed by atoms with Crippen LogP contribution in [0, 0.1) is 5.82 Å². The molecule has 0 fully saturated rings. The molecule has 4 rings (SSSR count). The van der Waals surface area contributed by atoms with Crippen molar-refractivity contribution in [2.24, 2.45) is 0 Å². The molecule has 1 aromatic heterocycles. The topological polar surface area (TPSA) is 46.8 Å². The largest absolute Gasteiger partial charge is 0.283 e. The van der Waals surface area contributed by atoms with Gasteiger partial charge in [0.25, 0.3) is 0 Å². The number of allylic oxidation sites excluding steroid dienone is 2. The summed E-state index contributed by atoms with van der Waals surface area (Å²) in [4.78, 5) is 1.95. The first-order valence-corrected chi connectivity index (χ1v) is 8.11. The molecule has 2 heterocycles. The van der Waals surface area contributed by atoms with Crippen molar-refractivity contribution < 1.29 is 13.2 Å². The van der Waals surface area contributed by atoms with Crippen molar-refractivity contribution in [3.05, 3.63) is 64.8 Å². The maximum Gasteiger partial charge on any atom is 0.173 e. The Morgan fingerprint density at radius 1 is 1.12 bits per heavy atom. The van der Waals surface area contributed by atoms with E-state index in [0.29, 0.717) is 25.5 Å². The van der Waals surface area contributed by atoms with Gasteiger partial charge in [0.05, 0.1) is 6.54 Å². The second-order valence-corrected chi connectivity index (χ2v) is 6.21. The van der Waals surface area contributed by atoms with Crippen molar-refractivity contribution in [2.75, 3.05) is 6.54 Å². The van der Waals surface area contributed by atoms with Gasteiger partial charge in [-0.1, -0.05) is 12.1 Å². The zero-order valence-electron chi connectivity index (χ0n) is 13.4. The fraction of sp³-hybridized carbons (Fsp3) is 0.353. The van der Waals surface area contributed by atoms with E-state index < -0.39 is 6.04 Å². The first-order valence-electron chi connectivity index (χ1n) is 8.11. The van der Waals surface area contributed by atoms with Gasteiger partial charge in [-0.05, 0) is 34.2 Å². The molecule has 0 spiro atoms. The number of fused-ring (bicyclic) bond motifs is 1. The Kier molecular flexibility index (Phi) is 4.12. The third kappa shape index (κ3) is 3.09. The van der Waals surface area contributed by atoms with E-state index in [2.05, 4.69) is 15.5 Å². The van der Waals surface area contributed by atoms with E-state index in [1.807, 2.05) is 4.90 Å². The molecule has 0 radical (unpaired) electrons. The van der Waals surface area contributed by atoms with E-state index >= 15 is 0 Å². The van der Waals surface area contributed by atoms with Crippen molar-refractivity contribution in [3.63, 3.8) is 0 Å². The van der Waals surface area contributed by atoms with Crippen LogP contribution < -0.4 is 0 Å². The van der Waals surface area contributed by atoms with Gasteiger partial charge in [0.15, 0.2) is 5.82 Å². The van der Waals surface area contributed by atoms with Crippen LogP contribution in [0.1, 0.15) is 30.3 Å². The van der Waals surface area contributed by atoms with Crippen molar-refractivity contribution in [1.82, 2.24) is 25.1 Å². The van der Waals surface area contributed by atoms with Crippen LogP contribution in [0.15, 0.2) is 47.6 Å². The van der Waals surface area contributed by atoms with Gasteiger partial charge < -0.3 is 0 Å². The van der Waals surface area contributed by atoms with Gasteiger partial charge in [0.1, 0.15) is 23.5 Å². The van der Waals surface area contributed by atoms with E-state index in [4.69, 9.17) is 0 Å². The summed E-state index contributed by atoms with van der Waals surface area (Å²) >= 11 is 0. The fourth-order valence-corrected chi connectivity index (χ4v) is 3.38. The van der Waals surface area contributed by atoms with Crippen molar-refractivity contribution >= 4 is 0 Å². The van der Waals surface area contributed by atoms with Gasteiger partial charge in [-0.3, -0.25) is 4.90 Å². The molecule has 1 aliphatic carbocycles. The highest BCUT2D eigenvalue weighted by Gasteiger charge is 2.35. The number of tetrazole rings is 1. The minimum atomic E-state index is -0.599. The maximum atomic E-state index is 14.5. The van der Waals surface area contributed by atoms with Gasteiger partial charge in [-0.2, -0.15) is 0 Å². The lowest BCUT2D eigenvalue weighted by atomic mass is 9.95. The second-order valence-electron chi connectivity index (χ2n) is 6.21. The van der Waals surface area contributed by atoms with Gasteiger partial charge >= 0.3 is 0 Å². The molecule has 2 aliphatic rings. The molecular formula is C17H16F3N5. The SMILES string of the molecule is FC1=CC(C2c3nnnn3CCN2Cc2cccc(F)c2)=C(F)CC1.